The van der Waals surface area contributed by atoms with Crippen molar-refractivity contribution in [2.24, 2.45) is 11.3 Å². The Balaban J connectivity index is 2.61. The maximum absolute atomic E-state index is 11.8. The lowest BCUT2D eigenvalue weighted by atomic mass is 9.86. The van der Waals surface area contributed by atoms with Crippen molar-refractivity contribution in [2.75, 3.05) is 13.2 Å². The summed E-state index contributed by atoms with van der Waals surface area (Å²) in [5.74, 6) is -1.43. The van der Waals surface area contributed by atoms with Crippen molar-refractivity contribution in [3.8, 4) is 0 Å². The van der Waals surface area contributed by atoms with Crippen LogP contribution in [-0.4, -0.2) is 36.2 Å². The van der Waals surface area contributed by atoms with Gasteiger partial charge in [0.05, 0.1) is 12.5 Å². The molecule has 2 N–H and O–H groups in total. The number of carbonyl (C=O) groups is 2. The molecule has 1 aliphatic heterocycles. The third-order valence-electron chi connectivity index (χ3n) is 2.70. The minimum Gasteiger partial charge on any atom is -0.480 e. The third kappa shape index (κ3) is 3.20. The number of aliphatic carboxylic acids is 1. The first-order chi connectivity index (χ1) is 7.32. The van der Waals surface area contributed by atoms with Gasteiger partial charge in [-0.1, -0.05) is 20.8 Å². The molecule has 1 rings (SSSR count). The van der Waals surface area contributed by atoms with Gasteiger partial charge in [-0.3, -0.25) is 4.79 Å². The van der Waals surface area contributed by atoms with E-state index >= 15 is 0 Å². The van der Waals surface area contributed by atoms with Gasteiger partial charge in [-0.15, -0.1) is 0 Å². The highest BCUT2D eigenvalue weighted by Crippen LogP contribution is 2.21. The molecule has 92 valence electrons. The van der Waals surface area contributed by atoms with Crippen LogP contribution >= 0.6 is 0 Å². The normalized spacial score (nSPS) is 22.8. The molecule has 0 aromatic heterocycles. The Morgan fingerprint density at radius 1 is 1.44 bits per heavy atom. The zero-order chi connectivity index (χ0) is 12.3. The molecule has 2 unspecified atom stereocenters. The summed E-state index contributed by atoms with van der Waals surface area (Å²) in [7, 11) is 0. The van der Waals surface area contributed by atoms with Crippen LogP contribution in [0.2, 0.25) is 0 Å². The molecular formula is C11H19NO4. The summed E-state index contributed by atoms with van der Waals surface area (Å²) in [4.78, 5) is 22.8. The van der Waals surface area contributed by atoms with Gasteiger partial charge in [0.1, 0.15) is 6.04 Å². The van der Waals surface area contributed by atoms with Gasteiger partial charge < -0.3 is 15.2 Å². The van der Waals surface area contributed by atoms with Crippen LogP contribution in [-0.2, 0) is 14.3 Å². The summed E-state index contributed by atoms with van der Waals surface area (Å²) in [5, 5.41) is 11.6. The molecule has 0 spiro atoms. The fourth-order valence-electron chi connectivity index (χ4n) is 1.65. The summed E-state index contributed by atoms with van der Waals surface area (Å²) in [5.41, 5.74) is -0.499. The number of amides is 1. The van der Waals surface area contributed by atoms with Crippen molar-refractivity contribution in [1.82, 2.24) is 5.32 Å². The number of ether oxygens (including phenoxy) is 1. The smallest absolute Gasteiger partial charge is 0.326 e. The van der Waals surface area contributed by atoms with Crippen molar-refractivity contribution >= 4 is 11.9 Å². The molecule has 0 bridgehead atoms. The molecule has 1 fully saturated rings. The van der Waals surface area contributed by atoms with E-state index < -0.39 is 17.4 Å². The van der Waals surface area contributed by atoms with E-state index in [0.29, 0.717) is 19.6 Å². The molecule has 2 atom stereocenters. The van der Waals surface area contributed by atoms with Gasteiger partial charge in [0.25, 0.3) is 0 Å². The van der Waals surface area contributed by atoms with Gasteiger partial charge in [0, 0.05) is 6.61 Å². The summed E-state index contributed by atoms with van der Waals surface area (Å²) in [6, 6.07) is -0.861. The van der Waals surface area contributed by atoms with Gasteiger partial charge in [0.15, 0.2) is 0 Å². The molecule has 1 heterocycles. The molecule has 0 aliphatic carbocycles. The van der Waals surface area contributed by atoms with Crippen molar-refractivity contribution in [2.45, 2.75) is 33.2 Å². The number of hydrogen-bond acceptors (Lipinski definition) is 3. The second-order valence-electron chi connectivity index (χ2n) is 5.21. The van der Waals surface area contributed by atoms with E-state index in [0.717, 1.165) is 0 Å². The van der Waals surface area contributed by atoms with E-state index in [2.05, 4.69) is 5.32 Å². The number of hydrogen-bond donors (Lipinski definition) is 2. The summed E-state index contributed by atoms with van der Waals surface area (Å²) in [6.07, 6.45) is 0.669. The summed E-state index contributed by atoms with van der Waals surface area (Å²) < 4.78 is 5.10. The zero-order valence-electron chi connectivity index (χ0n) is 9.95. The van der Waals surface area contributed by atoms with Crippen molar-refractivity contribution in [3.05, 3.63) is 0 Å². The maximum Gasteiger partial charge on any atom is 0.326 e. The highest BCUT2D eigenvalue weighted by Gasteiger charge is 2.35. The van der Waals surface area contributed by atoms with E-state index in [-0.39, 0.29) is 11.8 Å². The first kappa shape index (κ1) is 13.0. The SMILES string of the molecule is CC(C)(C)C(NC(=O)C1CCOC1)C(=O)O. The van der Waals surface area contributed by atoms with Crippen molar-refractivity contribution in [1.29, 1.82) is 0 Å². The Morgan fingerprint density at radius 2 is 2.06 bits per heavy atom. The third-order valence-corrected chi connectivity index (χ3v) is 2.70. The molecule has 0 aromatic rings. The summed E-state index contributed by atoms with van der Waals surface area (Å²) >= 11 is 0. The Kier molecular flexibility index (Phi) is 3.91. The van der Waals surface area contributed by atoms with E-state index in [1.54, 1.807) is 20.8 Å². The van der Waals surface area contributed by atoms with E-state index in [4.69, 9.17) is 9.84 Å². The van der Waals surface area contributed by atoms with Gasteiger partial charge >= 0.3 is 5.97 Å². The van der Waals surface area contributed by atoms with Crippen molar-refractivity contribution in [3.63, 3.8) is 0 Å². The predicted octanol–water partition coefficient (Wildman–Crippen LogP) is 0.638. The Labute approximate surface area is 95.2 Å². The van der Waals surface area contributed by atoms with Crippen LogP contribution in [0.1, 0.15) is 27.2 Å². The molecular weight excluding hydrogens is 210 g/mol. The predicted molar refractivity (Wildman–Crippen MR) is 57.9 cm³/mol. The first-order valence-corrected chi connectivity index (χ1v) is 5.43. The number of carbonyl (C=O) groups excluding carboxylic acids is 1. The van der Waals surface area contributed by atoms with Gasteiger partial charge in [-0.25, -0.2) is 4.79 Å². The highest BCUT2D eigenvalue weighted by atomic mass is 16.5. The molecule has 0 saturated carbocycles. The van der Waals surface area contributed by atoms with Crippen LogP contribution in [0, 0.1) is 11.3 Å². The monoisotopic (exact) mass is 229 g/mol. The molecule has 1 amide bonds. The number of rotatable bonds is 3. The number of carboxylic acids is 1. The highest BCUT2D eigenvalue weighted by molar-refractivity contribution is 5.85. The standard InChI is InChI=1S/C11H19NO4/c1-11(2,3)8(10(14)15)12-9(13)7-4-5-16-6-7/h7-8H,4-6H2,1-3H3,(H,12,13)(H,14,15). The lowest BCUT2D eigenvalue weighted by molar-refractivity contribution is -0.145. The van der Waals surface area contributed by atoms with Crippen LogP contribution in [0.4, 0.5) is 0 Å². The van der Waals surface area contributed by atoms with Crippen LogP contribution < -0.4 is 5.32 Å². The minimum absolute atomic E-state index is 0.204. The van der Waals surface area contributed by atoms with Crippen LogP contribution in [0.3, 0.4) is 0 Å². The molecule has 5 nitrogen and oxygen atoms in total. The van der Waals surface area contributed by atoms with Gasteiger partial charge in [-0.05, 0) is 11.8 Å². The fraction of sp³-hybridized carbons (Fsp3) is 0.818. The molecule has 5 heteroatoms. The summed E-state index contributed by atoms with van der Waals surface area (Å²) in [6.45, 7) is 6.33. The number of nitrogens with one attached hydrogen (secondary N) is 1. The van der Waals surface area contributed by atoms with Gasteiger partial charge in [-0.2, -0.15) is 0 Å². The van der Waals surface area contributed by atoms with Gasteiger partial charge in [0.2, 0.25) is 5.91 Å². The molecule has 1 saturated heterocycles. The topological polar surface area (TPSA) is 75.6 Å². The quantitative estimate of drug-likeness (QED) is 0.744. The average molecular weight is 229 g/mol. The fourth-order valence-corrected chi connectivity index (χ4v) is 1.65. The van der Waals surface area contributed by atoms with Crippen molar-refractivity contribution < 1.29 is 19.4 Å². The first-order valence-electron chi connectivity index (χ1n) is 5.43. The second kappa shape index (κ2) is 4.82. The Bertz CT molecular complexity index is 276. The lowest BCUT2D eigenvalue weighted by Crippen LogP contribution is -2.50. The molecule has 16 heavy (non-hydrogen) atoms. The van der Waals surface area contributed by atoms with Crippen LogP contribution in [0.25, 0.3) is 0 Å². The van der Waals surface area contributed by atoms with Crippen LogP contribution in [0.5, 0.6) is 0 Å². The molecule has 0 radical (unpaired) electrons. The number of carboxylic acid groups (broad SMARTS) is 1. The van der Waals surface area contributed by atoms with Crippen LogP contribution in [0.15, 0.2) is 0 Å². The van der Waals surface area contributed by atoms with E-state index in [9.17, 15) is 9.59 Å². The largest absolute Gasteiger partial charge is 0.480 e. The minimum atomic E-state index is -1.00. The Hall–Kier alpha value is -1.10. The van der Waals surface area contributed by atoms with E-state index in [1.807, 2.05) is 0 Å². The second-order valence-corrected chi connectivity index (χ2v) is 5.21. The Morgan fingerprint density at radius 3 is 2.44 bits per heavy atom. The zero-order valence-corrected chi connectivity index (χ0v) is 9.95. The molecule has 0 aromatic carbocycles. The lowest BCUT2D eigenvalue weighted by Gasteiger charge is -2.28. The molecule has 1 aliphatic rings. The maximum atomic E-state index is 11.8. The average Bonchev–Trinajstić information content (AvgIpc) is 2.63. The van der Waals surface area contributed by atoms with E-state index in [1.165, 1.54) is 0 Å².